The van der Waals surface area contributed by atoms with Crippen LogP contribution in [0.5, 0.6) is 0 Å². The molecule has 0 saturated carbocycles. The largest absolute Gasteiger partial charge is 0.350 e. The van der Waals surface area contributed by atoms with Crippen molar-refractivity contribution in [3.05, 3.63) is 68.7 Å². The van der Waals surface area contributed by atoms with Gasteiger partial charge < -0.3 is 10.2 Å². The molecule has 180 valence electrons. The summed E-state index contributed by atoms with van der Waals surface area (Å²) in [5.74, 6) is 0.751. The lowest BCUT2D eigenvalue weighted by atomic mass is 10.1. The van der Waals surface area contributed by atoms with Crippen LogP contribution >= 0.6 is 35.0 Å². The molecule has 1 N–H and O–H groups in total. The Hall–Kier alpha value is -1.69. The van der Waals surface area contributed by atoms with Crippen LogP contribution in [0.3, 0.4) is 0 Å². The molecule has 0 unspecified atom stereocenters. The fourth-order valence-electron chi connectivity index (χ4n) is 3.70. The molecule has 2 amide bonds. The van der Waals surface area contributed by atoms with Gasteiger partial charge in [0.2, 0.25) is 11.8 Å². The molecule has 7 heteroatoms. The first kappa shape index (κ1) is 27.6. The van der Waals surface area contributed by atoms with Gasteiger partial charge in [-0.25, -0.2) is 0 Å². The van der Waals surface area contributed by atoms with E-state index in [0.717, 1.165) is 11.3 Å². The van der Waals surface area contributed by atoms with Crippen LogP contribution < -0.4 is 5.32 Å². The van der Waals surface area contributed by atoms with Crippen molar-refractivity contribution in [2.75, 3.05) is 5.75 Å². The Balaban J connectivity index is 2.21. The second-order valence-corrected chi connectivity index (χ2v) is 11.2. The van der Waals surface area contributed by atoms with Crippen molar-refractivity contribution in [3.8, 4) is 0 Å². The number of benzene rings is 2. The molecular formula is C26H34Cl2N2O2S. The summed E-state index contributed by atoms with van der Waals surface area (Å²) >= 11 is 14.0. The Morgan fingerprint density at radius 1 is 1.06 bits per heavy atom. The van der Waals surface area contributed by atoms with Gasteiger partial charge in [-0.3, -0.25) is 9.59 Å². The Morgan fingerprint density at radius 3 is 2.24 bits per heavy atom. The minimum absolute atomic E-state index is 0.0914. The summed E-state index contributed by atoms with van der Waals surface area (Å²) < 4.78 is 0. The van der Waals surface area contributed by atoms with Crippen molar-refractivity contribution in [1.82, 2.24) is 10.2 Å². The van der Waals surface area contributed by atoms with E-state index < -0.39 is 11.6 Å². The fourth-order valence-corrected chi connectivity index (χ4v) is 5.01. The number of amides is 2. The molecule has 0 fully saturated rings. The lowest BCUT2D eigenvalue weighted by molar-refractivity contribution is -0.140. The molecular weight excluding hydrogens is 475 g/mol. The summed E-state index contributed by atoms with van der Waals surface area (Å²) in [5, 5.41) is 4.03. The molecule has 0 saturated heterocycles. The lowest BCUT2D eigenvalue weighted by Crippen LogP contribution is -2.53. The smallest absolute Gasteiger partial charge is 0.243 e. The van der Waals surface area contributed by atoms with E-state index in [1.807, 2.05) is 33.8 Å². The molecule has 1 atom stereocenters. The Kier molecular flexibility index (Phi) is 10.1. The Morgan fingerprint density at radius 2 is 1.70 bits per heavy atom. The van der Waals surface area contributed by atoms with Crippen LogP contribution in [0.2, 0.25) is 10.0 Å². The number of carbonyl (C=O) groups excluding carboxylic acids is 2. The van der Waals surface area contributed by atoms with E-state index >= 15 is 0 Å². The van der Waals surface area contributed by atoms with Crippen LogP contribution in [-0.2, 0) is 21.9 Å². The molecule has 0 bridgehead atoms. The van der Waals surface area contributed by atoms with E-state index in [9.17, 15) is 9.59 Å². The number of nitrogens with one attached hydrogen (secondary N) is 1. The summed E-state index contributed by atoms with van der Waals surface area (Å²) in [6.07, 6.45) is 0.501. The molecule has 33 heavy (non-hydrogen) atoms. The average Bonchev–Trinajstić information content (AvgIpc) is 2.67. The van der Waals surface area contributed by atoms with E-state index in [2.05, 4.69) is 37.4 Å². The average molecular weight is 510 g/mol. The highest BCUT2D eigenvalue weighted by Gasteiger charge is 2.30. The maximum atomic E-state index is 13.4. The van der Waals surface area contributed by atoms with Crippen molar-refractivity contribution >= 4 is 46.8 Å². The molecule has 0 spiro atoms. The summed E-state index contributed by atoms with van der Waals surface area (Å²) in [7, 11) is 0. The first-order valence-electron chi connectivity index (χ1n) is 11.1. The quantitative estimate of drug-likeness (QED) is 0.416. The number of thioether (sulfide) groups is 1. The van der Waals surface area contributed by atoms with Gasteiger partial charge in [0.15, 0.2) is 0 Å². The summed E-state index contributed by atoms with van der Waals surface area (Å²) in [6, 6.07) is 11.0. The van der Waals surface area contributed by atoms with Crippen LogP contribution in [0.1, 0.15) is 56.4 Å². The predicted molar refractivity (Wildman–Crippen MR) is 141 cm³/mol. The minimum atomic E-state index is -0.592. The van der Waals surface area contributed by atoms with Crippen LogP contribution in [0.25, 0.3) is 0 Å². The third kappa shape index (κ3) is 8.88. The molecule has 0 heterocycles. The molecule has 2 aromatic carbocycles. The zero-order valence-electron chi connectivity index (χ0n) is 20.3. The van der Waals surface area contributed by atoms with Crippen LogP contribution in [0.15, 0.2) is 36.4 Å². The number of hydrogen-bond acceptors (Lipinski definition) is 3. The van der Waals surface area contributed by atoms with E-state index in [1.54, 1.807) is 28.8 Å². The van der Waals surface area contributed by atoms with Crippen molar-refractivity contribution < 1.29 is 9.59 Å². The molecule has 0 aliphatic rings. The maximum Gasteiger partial charge on any atom is 0.243 e. The fraction of sp³-hybridized carbons (Fsp3) is 0.462. The second-order valence-electron chi connectivity index (χ2n) is 9.41. The number of rotatable bonds is 9. The second kappa shape index (κ2) is 12.1. The van der Waals surface area contributed by atoms with Gasteiger partial charge >= 0.3 is 0 Å². The zero-order valence-corrected chi connectivity index (χ0v) is 22.6. The van der Waals surface area contributed by atoms with Gasteiger partial charge in [0, 0.05) is 27.9 Å². The molecule has 2 aromatic rings. The Bertz CT molecular complexity index is 968. The third-order valence-electron chi connectivity index (χ3n) is 5.02. The molecule has 0 aliphatic heterocycles. The number of nitrogens with zero attached hydrogens (tertiary/aromatic N) is 1. The molecule has 4 nitrogen and oxygen atoms in total. The highest BCUT2D eigenvalue weighted by Crippen LogP contribution is 2.25. The highest BCUT2D eigenvalue weighted by atomic mass is 35.5. The normalized spacial score (nSPS) is 12.4. The van der Waals surface area contributed by atoms with Crippen molar-refractivity contribution in [2.45, 2.75) is 71.8 Å². The van der Waals surface area contributed by atoms with E-state index in [1.165, 1.54) is 16.7 Å². The topological polar surface area (TPSA) is 49.4 Å². The van der Waals surface area contributed by atoms with E-state index in [-0.39, 0.29) is 24.1 Å². The van der Waals surface area contributed by atoms with E-state index in [4.69, 9.17) is 23.2 Å². The summed E-state index contributed by atoms with van der Waals surface area (Å²) in [6.45, 7) is 12.1. The first-order chi connectivity index (χ1) is 15.4. The van der Waals surface area contributed by atoms with Gasteiger partial charge in [-0.15, -0.1) is 11.8 Å². The zero-order chi connectivity index (χ0) is 24.8. The minimum Gasteiger partial charge on any atom is -0.350 e. The standard InChI is InChI=1S/C26H34Cl2N2O2S/c1-7-23(25(32)29-26(4,5)6)30(14-20-8-9-21(27)13-22(20)28)24(31)16-33-15-19-11-17(2)10-18(3)12-19/h8-13,23H,7,14-16H2,1-6H3,(H,29,32)/t23-/m1/s1. The van der Waals surface area contributed by atoms with Gasteiger partial charge in [0.25, 0.3) is 0 Å². The maximum absolute atomic E-state index is 13.4. The van der Waals surface area contributed by atoms with Gasteiger partial charge in [-0.2, -0.15) is 0 Å². The van der Waals surface area contributed by atoms with Crippen LogP contribution in [-0.4, -0.2) is 34.0 Å². The lowest BCUT2D eigenvalue weighted by Gasteiger charge is -2.33. The van der Waals surface area contributed by atoms with Gasteiger partial charge in [0.05, 0.1) is 5.75 Å². The SMILES string of the molecule is CC[C@H](C(=O)NC(C)(C)C)N(Cc1ccc(Cl)cc1Cl)C(=O)CSCc1cc(C)cc(C)c1. The van der Waals surface area contributed by atoms with Crippen molar-refractivity contribution in [2.24, 2.45) is 0 Å². The van der Waals surface area contributed by atoms with Gasteiger partial charge in [-0.1, -0.05) is 65.5 Å². The number of halogens is 2. The van der Waals surface area contributed by atoms with Crippen molar-refractivity contribution in [3.63, 3.8) is 0 Å². The van der Waals surface area contributed by atoms with Crippen molar-refractivity contribution in [1.29, 1.82) is 0 Å². The van der Waals surface area contributed by atoms with Crippen LogP contribution in [0.4, 0.5) is 0 Å². The van der Waals surface area contributed by atoms with Gasteiger partial charge in [-0.05, 0) is 64.3 Å². The molecule has 0 radical (unpaired) electrons. The number of carbonyl (C=O) groups is 2. The molecule has 0 aliphatic carbocycles. The number of hydrogen-bond donors (Lipinski definition) is 1. The summed E-state index contributed by atoms with van der Waals surface area (Å²) in [5.41, 5.74) is 3.97. The van der Waals surface area contributed by atoms with E-state index in [0.29, 0.717) is 16.5 Å². The summed E-state index contributed by atoms with van der Waals surface area (Å²) in [4.78, 5) is 28.1. The highest BCUT2D eigenvalue weighted by molar-refractivity contribution is 7.99. The predicted octanol–water partition coefficient (Wildman–Crippen LogP) is 6.57. The monoisotopic (exact) mass is 508 g/mol. The van der Waals surface area contributed by atoms with Gasteiger partial charge in [0.1, 0.15) is 6.04 Å². The third-order valence-corrected chi connectivity index (χ3v) is 6.59. The first-order valence-corrected chi connectivity index (χ1v) is 13.0. The van der Waals surface area contributed by atoms with Crippen LogP contribution in [0, 0.1) is 13.8 Å². The molecule has 2 rings (SSSR count). The number of aryl methyl sites for hydroxylation is 2. The molecule has 0 aromatic heterocycles. The Labute approximate surface area is 212 Å².